The van der Waals surface area contributed by atoms with Crippen LogP contribution in [0.1, 0.15) is 25.0 Å². The first-order valence-corrected chi connectivity index (χ1v) is 6.67. The molecule has 0 bridgehead atoms. The molecule has 0 unspecified atom stereocenters. The van der Waals surface area contributed by atoms with E-state index in [1.807, 2.05) is 13.8 Å². The average Bonchev–Trinajstić information content (AvgIpc) is 2.42. The lowest BCUT2D eigenvalue weighted by atomic mass is 10.1. The van der Waals surface area contributed by atoms with E-state index in [0.717, 1.165) is 25.7 Å². The third kappa shape index (κ3) is 4.68. The second-order valence-corrected chi connectivity index (χ2v) is 4.40. The number of rotatable bonds is 7. The van der Waals surface area contributed by atoms with Gasteiger partial charge in [0.1, 0.15) is 12.4 Å². The van der Waals surface area contributed by atoms with Crippen molar-refractivity contribution in [2.24, 2.45) is 5.73 Å². The van der Waals surface area contributed by atoms with Gasteiger partial charge in [0.15, 0.2) is 0 Å². The Hall–Kier alpha value is -1.27. The third-order valence-corrected chi connectivity index (χ3v) is 3.17. The quantitative estimate of drug-likeness (QED) is 0.839. The van der Waals surface area contributed by atoms with Crippen LogP contribution in [-0.4, -0.2) is 31.1 Å². The van der Waals surface area contributed by atoms with Crippen molar-refractivity contribution < 1.29 is 17.9 Å². The minimum atomic E-state index is -4.38. The van der Waals surface area contributed by atoms with Gasteiger partial charge < -0.3 is 15.4 Å². The number of nitrogens with two attached hydrogens (primary N) is 1. The van der Waals surface area contributed by atoms with Gasteiger partial charge in [0.05, 0.1) is 5.56 Å². The summed E-state index contributed by atoms with van der Waals surface area (Å²) >= 11 is 0. The van der Waals surface area contributed by atoms with E-state index >= 15 is 0 Å². The standard InChI is InChI=1S/C14H21F3N2O/c1-3-19(4-2)7-8-20-12-5-6-13(14(15,16)17)11(9-12)10-18/h5-6,9H,3-4,7-8,10,18H2,1-2H3. The van der Waals surface area contributed by atoms with Gasteiger partial charge in [0, 0.05) is 13.1 Å². The number of benzene rings is 1. The van der Waals surface area contributed by atoms with Crippen molar-refractivity contribution in [2.75, 3.05) is 26.2 Å². The zero-order valence-corrected chi connectivity index (χ0v) is 11.8. The van der Waals surface area contributed by atoms with Crippen LogP contribution in [0.2, 0.25) is 0 Å². The topological polar surface area (TPSA) is 38.5 Å². The molecule has 0 aliphatic heterocycles. The van der Waals surface area contributed by atoms with Gasteiger partial charge in [-0.15, -0.1) is 0 Å². The molecule has 0 aliphatic rings. The number of nitrogens with zero attached hydrogens (tertiary/aromatic N) is 1. The predicted molar refractivity (Wildman–Crippen MR) is 72.6 cm³/mol. The molecular weight excluding hydrogens is 269 g/mol. The maximum Gasteiger partial charge on any atom is 0.416 e. The maximum absolute atomic E-state index is 12.7. The van der Waals surface area contributed by atoms with Crippen LogP contribution >= 0.6 is 0 Å². The van der Waals surface area contributed by atoms with Crippen LogP contribution in [0, 0.1) is 0 Å². The number of likely N-dealkylation sites (N-methyl/N-ethyl adjacent to an activating group) is 1. The Labute approximate surface area is 117 Å². The van der Waals surface area contributed by atoms with E-state index in [2.05, 4.69) is 4.90 Å². The highest BCUT2D eigenvalue weighted by Crippen LogP contribution is 2.33. The van der Waals surface area contributed by atoms with Gasteiger partial charge in [-0.25, -0.2) is 0 Å². The Bertz CT molecular complexity index is 417. The molecule has 0 atom stereocenters. The second-order valence-electron chi connectivity index (χ2n) is 4.40. The van der Waals surface area contributed by atoms with Crippen molar-refractivity contribution >= 4 is 0 Å². The molecule has 114 valence electrons. The minimum absolute atomic E-state index is 0.0536. The Morgan fingerprint density at radius 2 is 1.85 bits per heavy atom. The summed E-state index contributed by atoms with van der Waals surface area (Å²) < 4.78 is 43.6. The zero-order valence-electron chi connectivity index (χ0n) is 11.8. The molecule has 1 aromatic carbocycles. The Balaban J connectivity index is 2.69. The van der Waals surface area contributed by atoms with Crippen molar-refractivity contribution in [3.63, 3.8) is 0 Å². The first-order valence-electron chi connectivity index (χ1n) is 6.67. The summed E-state index contributed by atoms with van der Waals surface area (Å²) in [5.74, 6) is 0.422. The van der Waals surface area contributed by atoms with E-state index in [1.54, 1.807) is 0 Å². The van der Waals surface area contributed by atoms with Crippen LogP contribution in [0.15, 0.2) is 18.2 Å². The van der Waals surface area contributed by atoms with Gasteiger partial charge in [-0.1, -0.05) is 13.8 Å². The SMILES string of the molecule is CCN(CC)CCOc1ccc(C(F)(F)F)c(CN)c1. The summed E-state index contributed by atoms with van der Waals surface area (Å²) in [6.45, 7) is 6.95. The summed E-state index contributed by atoms with van der Waals surface area (Å²) in [5, 5.41) is 0. The summed E-state index contributed by atoms with van der Waals surface area (Å²) in [5.41, 5.74) is 4.73. The predicted octanol–water partition coefficient (Wildman–Crippen LogP) is 2.88. The summed E-state index contributed by atoms with van der Waals surface area (Å²) in [6.07, 6.45) is -4.38. The molecular formula is C14H21F3N2O. The largest absolute Gasteiger partial charge is 0.492 e. The molecule has 0 aliphatic carbocycles. The van der Waals surface area contributed by atoms with Crippen LogP contribution in [-0.2, 0) is 12.7 Å². The lowest BCUT2D eigenvalue weighted by Crippen LogP contribution is -2.27. The van der Waals surface area contributed by atoms with E-state index in [4.69, 9.17) is 10.5 Å². The lowest BCUT2D eigenvalue weighted by Gasteiger charge is -2.18. The molecule has 0 saturated heterocycles. The Morgan fingerprint density at radius 3 is 2.35 bits per heavy atom. The zero-order chi connectivity index (χ0) is 15.2. The molecule has 3 nitrogen and oxygen atoms in total. The summed E-state index contributed by atoms with van der Waals surface area (Å²) in [4.78, 5) is 2.17. The van der Waals surface area contributed by atoms with E-state index in [1.165, 1.54) is 12.1 Å². The molecule has 0 spiro atoms. The van der Waals surface area contributed by atoms with Crippen LogP contribution in [0.5, 0.6) is 5.75 Å². The second kappa shape index (κ2) is 7.50. The van der Waals surface area contributed by atoms with Crippen LogP contribution in [0.3, 0.4) is 0 Å². The highest BCUT2D eigenvalue weighted by Gasteiger charge is 2.32. The number of ether oxygens (including phenoxy) is 1. The van der Waals surface area contributed by atoms with E-state index in [-0.39, 0.29) is 12.1 Å². The molecule has 2 N–H and O–H groups in total. The van der Waals surface area contributed by atoms with Crippen LogP contribution in [0.25, 0.3) is 0 Å². The fourth-order valence-corrected chi connectivity index (χ4v) is 1.94. The molecule has 1 aromatic rings. The normalized spacial score (nSPS) is 11.9. The van der Waals surface area contributed by atoms with Gasteiger partial charge in [-0.3, -0.25) is 0 Å². The average molecular weight is 290 g/mol. The lowest BCUT2D eigenvalue weighted by molar-refractivity contribution is -0.138. The van der Waals surface area contributed by atoms with Crippen LogP contribution in [0.4, 0.5) is 13.2 Å². The number of halogens is 3. The molecule has 20 heavy (non-hydrogen) atoms. The fraction of sp³-hybridized carbons (Fsp3) is 0.571. The number of hydrogen-bond donors (Lipinski definition) is 1. The fourth-order valence-electron chi connectivity index (χ4n) is 1.94. The van der Waals surface area contributed by atoms with Gasteiger partial charge in [-0.05, 0) is 36.9 Å². The first-order chi connectivity index (χ1) is 9.42. The third-order valence-electron chi connectivity index (χ3n) is 3.17. The molecule has 1 rings (SSSR count). The number of alkyl halides is 3. The Kier molecular flexibility index (Phi) is 6.29. The highest BCUT2D eigenvalue weighted by molar-refractivity contribution is 5.37. The van der Waals surface area contributed by atoms with Crippen molar-refractivity contribution in [1.29, 1.82) is 0 Å². The Morgan fingerprint density at radius 1 is 1.20 bits per heavy atom. The molecule has 6 heteroatoms. The van der Waals surface area contributed by atoms with Crippen molar-refractivity contribution in [2.45, 2.75) is 26.6 Å². The molecule has 0 heterocycles. The highest BCUT2D eigenvalue weighted by atomic mass is 19.4. The smallest absolute Gasteiger partial charge is 0.416 e. The maximum atomic E-state index is 12.7. The molecule has 0 saturated carbocycles. The summed E-state index contributed by atoms with van der Waals surface area (Å²) in [7, 11) is 0. The minimum Gasteiger partial charge on any atom is -0.492 e. The first kappa shape index (κ1) is 16.8. The molecule has 0 radical (unpaired) electrons. The van der Waals surface area contributed by atoms with Crippen molar-refractivity contribution in [1.82, 2.24) is 4.90 Å². The summed E-state index contributed by atoms with van der Waals surface area (Å²) in [6, 6.07) is 3.73. The van der Waals surface area contributed by atoms with Gasteiger partial charge in [-0.2, -0.15) is 13.2 Å². The van der Waals surface area contributed by atoms with Crippen molar-refractivity contribution in [3.05, 3.63) is 29.3 Å². The van der Waals surface area contributed by atoms with Crippen LogP contribution < -0.4 is 10.5 Å². The van der Waals surface area contributed by atoms with Gasteiger partial charge in [0.25, 0.3) is 0 Å². The monoisotopic (exact) mass is 290 g/mol. The number of hydrogen-bond acceptors (Lipinski definition) is 3. The van der Waals surface area contributed by atoms with Gasteiger partial charge >= 0.3 is 6.18 Å². The molecule has 0 amide bonds. The molecule has 0 aromatic heterocycles. The van der Waals surface area contributed by atoms with Gasteiger partial charge in [0.2, 0.25) is 0 Å². The van der Waals surface area contributed by atoms with Crippen molar-refractivity contribution in [3.8, 4) is 5.75 Å². The van der Waals surface area contributed by atoms with E-state index in [9.17, 15) is 13.2 Å². The van der Waals surface area contributed by atoms with E-state index in [0.29, 0.717) is 12.4 Å². The van der Waals surface area contributed by atoms with E-state index < -0.39 is 11.7 Å². The molecule has 0 fully saturated rings.